The van der Waals surface area contributed by atoms with Gasteiger partial charge in [-0.2, -0.15) is 0 Å². The zero-order chi connectivity index (χ0) is 20.6. The summed E-state index contributed by atoms with van der Waals surface area (Å²) >= 11 is 0. The Morgan fingerprint density at radius 2 is 1.54 bits per heavy atom. The lowest BCUT2D eigenvalue weighted by molar-refractivity contribution is -0.223. The predicted octanol–water partition coefficient (Wildman–Crippen LogP) is 4.64. The third-order valence-corrected chi connectivity index (χ3v) is 5.29. The lowest BCUT2D eigenvalue weighted by atomic mass is 9.90. The van der Waals surface area contributed by atoms with Crippen LogP contribution >= 0.6 is 0 Å². The van der Waals surface area contributed by atoms with Gasteiger partial charge in [0.25, 0.3) is 5.60 Å². The van der Waals surface area contributed by atoms with E-state index in [0.29, 0.717) is 12.0 Å². The number of hydrogen-bond donors (Lipinski definition) is 0. The summed E-state index contributed by atoms with van der Waals surface area (Å²) in [6.07, 6.45) is 9.16. The molecule has 2 atom stereocenters. The molecule has 0 bridgehead atoms. The van der Waals surface area contributed by atoms with Crippen LogP contribution in [0.15, 0.2) is 43.0 Å². The quantitative estimate of drug-likeness (QED) is 0.240. The van der Waals surface area contributed by atoms with Crippen molar-refractivity contribution in [3.8, 4) is 0 Å². The highest BCUT2D eigenvalue weighted by atomic mass is 16.7. The Morgan fingerprint density at radius 1 is 0.929 bits per heavy atom. The van der Waals surface area contributed by atoms with Crippen LogP contribution in [0.3, 0.4) is 0 Å². The van der Waals surface area contributed by atoms with Gasteiger partial charge in [-0.1, -0.05) is 62.1 Å². The van der Waals surface area contributed by atoms with Gasteiger partial charge < -0.3 is 9.47 Å². The Labute approximate surface area is 167 Å². The Hall–Kier alpha value is -2.43. The van der Waals surface area contributed by atoms with Crippen LogP contribution in [0.4, 0.5) is 0 Å². The Balaban J connectivity index is 1.88. The maximum Gasteiger partial charge on any atom is 0.359 e. The monoisotopic (exact) mass is 386 g/mol. The average molecular weight is 386 g/mol. The van der Waals surface area contributed by atoms with Gasteiger partial charge in [0.2, 0.25) is 5.60 Å². The van der Waals surface area contributed by atoms with Crippen molar-refractivity contribution in [3.63, 3.8) is 0 Å². The van der Waals surface area contributed by atoms with E-state index < -0.39 is 28.9 Å². The molecule has 0 aromatic heterocycles. The second-order valence-electron chi connectivity index (χ2n) is 7.58. The van der Waals surface area contributed by atoms with Gasteiger partial charge in [0.05, 0.1) is 0 Å². The Morgan fingerprint density at radius 3 is 2.18 bits per heavy atom. The average Bonchev–Trinajstić information content (AvgIpc) is 2.69. The van der Waals surface area contributed by atoms with Crippen molar-refractivity contribution in [1.82, 2.24) is 0 Å². The summed E-state index contributed by atoms with van der Waals surface area (Å²) in [5.74, 6) is -1.95. The van der Waals surface area contributed by atoms with E-state index in [0.717, 1.165) is 38.5 Å². The van der Waals surface area contributed by atoms with Crippen LogP contribution in [0.25, 0.3) is 0 Å². The number of unbranched alkanes of at least 4 members (excludes halogenated alkanes) is 6. The fourth-order valence-electron chi connectivity index (χ4n) is 3.27. The zero-order valence-corrected chi connectivity index (χ0v) is 16.9. The maximum absolute atomic E-state index is 12.6. The van der Waals surface area contributed by atoms with E-state index in [1.807, 2.05) is 6.08 Å². The summed E-state index contributed by atoms with van der Waals surface area (Å²) in [6, 6.07) is 8.67. The van der Waals surface area contributed by atoms with E-state index in [-0.39, 0.29) is 6.42 Å². The molecule has 1 aromatic carbocycles. The molecule has 1 aliphatic heterocycles. The first-order chi connectivity index (χ1) is 13.3. The smallest absolute Gasteiger partial charge is 0.359 e. The highest BCUT2D eigenvalue weighted by Gasteiger charge is 2.57. The van der Waals surface area contributed by atoms with E-state index in [9.17, 15) is 14.4 Å². The van der Waals surface area contributed by atoms with Gasteiger partial charge >= 0.3 is 11.9 Å². The molecule has 1 fully saturated rings. The fourth-order valence-corrected chi connectivity index (χ4v) is 3.27. The van der Waals surface area contributed by atoms with Crippen LogP contribution < -0.4 is 0 Å². The highest BCUT2D eigenvalue weighted by molar-refractivity contribution is 6.10. The lowest BCUT2D eigenvalue weighted by Gasteiger charge is -2.39. The molecule has 1 heterocycles. The van der Waals surface area contributed by atoms with Gasteiger partial charge in [-0.25, -0.2) is 9.59 Å². The minimum atomic E-state index is -1.87. The van der Waals surface area contributed by atoms with E-state index in [1.54, 1.807) is 30.3 Å². The van der Waals surface area contributed by atoms with Gasteiger partial charge in [-0.05, 0) is 33.1 Å². The second kappa shape index (κ2) is 9.67. The molecule has 0 saturated carbocycles. The topological polar surface area (TPSA) is 69.7 Å². The largest absolute Gasteiger partial charge is 0.439 e. The molecule has 0 aliphatic carbocycles. The fraction of sp³-hybridized carbons (Fsp3) is 0.522. The number of ether oxygens (including phenoxy) is 2. The number of benzene rings is 1. The van der Waals surface area contributed by atoms with E-state index in [1.165, 1.54) is 13.8 Å². The first-order valence-electron chi connectivity index (χ1n) is 10.0. The lowest BCUT2D eigenvalue weighted by Crippen LogP contribution is -2.59. The number of Topliss-reactive ketones (excluding diaryl/α,β-unsaturated/α-hetero) is 1. The minimum absolute atomic E-state index is 0.188. The molecule has 0 spiro atoms. The molecule has 28 heavy (non-hydrogen) atoms. The molecule has 5 nitrogen and oxygen atoms in total. The molecule has 1 aromatic rings. The first kappa shape index (κ1) is 21.9. The van der Waals surface area contributed by atoms with Crippen molar-refractivity contribution >= 4 is 17.7 Å². The van der Waals surface area contributed by atoms with Crippen molar-refractivity contribution in [2.45, 2.75) is 76.4 Å². The number of cyclic esters (lactones) is 2. The van der Waals surface area contributed by atoms with E-state index in [4.69, 9.17) is 9.47 Å². The summed E-state index contributed by atoms with van der Waals surface area (Å²) in [5, 5.41) is 0. The van der Waals surface area contributed by atoms with Crippen LogP contribution in [0.1, 0.15) is 70.8 Å². The second-order valence-corrected chi connectivity index (χ2v) is 7.58. The van der Waals surface area contributed by atoms with Gasteiger partial charge in [0.1, 0.15) is 0 Å². The van der Waals surface area contributed by atoms with Gasteiger partial charge in [-0.15, -0.1) is 6.58 Å². The standard InChI is InChI=1S/C23H30O5/c1-4-5-6-7-8-9-10-14-17-19(24)23(3)21(26)27-22(2,20(25)28-23)18-15-12-11-13-16-18/h4,11-13,15-16H,1,5-10,14,17H2,2-3H3/t22-,23+/m0/s1. The van der Waals surface area contributed by atoms with Crippen molar-refractivity contribution in [2.24, 2.45) is 0 Å². The Kier molecular flexibility index (Phi) is 7.55. The van der Waals surface area contributed by atoms with E-state index in [2.05, 4.69) is 6.58 Å². The first-order valence-corrected chi connectivity index (χ1v) is 10.0. The number of esters is 2. The number of rotatable bonds is 11. The van der Waals surface area contributed by atoms with Crippen LogP contribution in [-0.4, -0.2) is 23.3 Å². The molecule has 0 N–H and O–H groups in total. The van der Waals surface area contributed by atoms with Gasteiger partial charge in [0, 0.05) is 12.0 Å². The van der Waals surface area contributed by atoms with Crippen molar-refractivity contribution in [1.29, 1.82) is 0 Å². The summed E-state index contributed by atoms with van der Waals surface area (Å²) in [5.41, 5.74) is -2.89. The highest BCUT2D eigenvalue weighted by Crippen LogP contribution is 2.36. The molecule has 1 aliphatic rings. The molecular weight excluding hydrogens is 356 g/mol. The Bertz CT molecular complexity index is 711. The number of ketones is 1. The molecule has 0 amide bonds. The van der Waals surface area contributed by atoms with Crippen molar-refractivity contribution in [2.75, 3.05) is 0 Å². The number of allylic oxidation sites excluding steroid dienone is 1. The van der Waals surface area contributed by atoms with Crippen LogP contribution in [0.5, 0.6) is 0 Å². The molecule has 152 valence electrons. The SMILES string of the molecule is C=CCCCCCCCCC(=O)[C@@]1(C)OC(=O)[C@](C)(c2ccccc2)OC1=O. The van der Waals surface area contributed by atoms with Crippen LogP contribution in [0.2, 0.25) is 0 Å². The molecule has 1 saturated heterocycles. The van der Waals surface area contributed by atoms with Crippen molar-refractivity contribution < 1.29 is 23.9 Å². The summed E-state index contributed by atoms with van der Waals surface area (Å²) in [6.45, 7) is 6.52. The van der Waals surface area contributed by atoms with E-state index >= 15 is 0 Å². The summed E-state index contributed by atoms with van der Waals surface area (Å²) < 4.78 is 10.8. The zero-order valence-electron chi connectivity index (χ0n) is 16.9. The summed E-state index contributed by atoms with van der Waals surface area (Å²) in [4.78, 5) is 37.8. The third-order valence-electron chi connectivity index (χ3n) is 5.29. The molecule has 2 rings (SSSR count). The van der Waals surface area contributed by atoms with Crippen LogP contribution in [-0.2, 0) is 29.5 Å². The number of carbonyl (C=O) groups excluding carboxylic acids is 3. The van der Waals surface area contributed by atoms with Gasteiger partial charge in [-0.3, -0.25) is 4.79 Å². The molecule has 5 heteroatoms. The predicted molar refractivity (Wildman–Crippen MR) is 107 cm³/mol. The minimum Gasteiger partial charge on any atom is -0.439 e. The summed E-state index contributed by atoms with van der Waals surface area (Å²) in [7, 11) is 0. The third kappa shape index (κ3) is 4.89. The van der Waals surface area contributed by atoms with Crippen LogP contribution in [0, 0.1) is 0 Å². The normalized spacial score (nSPS) is 24.4. The molecule has 0 radical (unpaired) electrons. The molecular formula is C23H30O5. The number of carbonyl (C=O) groups is 3. The maximum atomic E-state index is 12.6. The van der Waals surface area contributed by atoms with Gasteiger partial charge in [0.15, 0.2) is 5.78 Å². The molecule has 0 unspecified atom stereocenters. The van der Waals surface area contributed by atoms with Crippen molar-refractivity contribution in [3.05, 3.63) is 48.6 Å². The number of hydrogen-bond acceptors (Lipinski definition) is 5.